The summed E-state index contributed by atoms with van der Waals surface area (Å²) in [5.74, 6) is 0. The lowest BCUT2D eigenvalue weighted by atomic mass is 10.0. The van der Waals surface area contributed by atoms with Crippen molar-refractivity contribution >= 4 is 10.9 Å². The van der Waals surface area contributed by atoms with Crippen molar-refractivity contribution in [1.29, 1.82) is 0 Å². The maximum Gasteiger partial charge on any atom is 0.166 e. The quantitative estimate of drug-likeness (QED) is 0.278. The lowest BCUT2D eigenvalue weighted by Crippen LogP contribution is -2.06. The van der Waals surface area contributed by atoms with E-state index in [4.69, 9.17) is 0 Å². The average molecular weight is 472 g/mol. The van der Waals surface area contributed by atoms with Gasteiger partial charge in [0.15, 0.2) is 14.7 Å². The highest BCUT2D eigenvalue weighted by Gasteiger charge is 2.29. The fourth-order valence-electron chi connectivity index (χ4n) is 3.47. The normalized spacial score (nSPS) is 13.2. The Hall–Kier alpha value is -2.77. The molecule has 0 amide bonds. The van der Waals surface area contributed by atoms with Crippen molar-refractivity contribution in [3.05, 3.63) is 131 Å². The number of aryl methyl sites for hydroxylation is 2. The summed E-state index contributed by atoms with van der Waals surface area (Å²) in [5.41, 5.74) is 5.23. The Bertz CT molecular complexity index is 964. The van der Waals surface area contributed by atoms with Gasteiger partial charge in [-0.25, -0.2) is 0 Å². The van der Waals surface area contributed by atoms with Crippen LogP contribution >= 0.6 is 0 Å². The first-order chi connectivity index (χ1) is 16.6. The molecule has 0 aromatic heterocycles. The van der Waals surface area contributed by atoms with Crippen LogP contribution in [0.5, 0.6) is 0 Å². The molecule has 2 aromatic carbocycles. The van der Waals surface area contributed by atoms with Crippen molar-refractivity contribution in [3.8, 4) is 0 Å². The lowest BCUT2D eigenvalue weighted by molar-refractivity contribution is 1.18. The highest BCUT2D eigenvalue weighted by atomic mass is 32.2. The first kappa shape index (κ1) is 29.3. The third-order valence-corrected chi connectivity index (χ3v) is 7.29. The molecule has 3 rings (SSSR count). The Balaban J connectivity index is 0.00000137. The Labute approximate surface area is 212 Å². The predicted molar refractivity (Wildman–Crippen MR) is 157 cm³/mol. The van der Waals surface area contributed by atoms with E-state index in [1.165, 1.54) is 37.0 Å². The van der Waals surface area contributed by atoms with Crippen LogP contribution in [0.1, 0.15) is 58.6 Å². The van der Waals surface area contributed by atoms with E-state index < -0.39 is 0 Å². The zero-order valence-electron chi connectivity index (χ0n) is 22.3. The third-order valence-electron chi connectivity index (χ3n) is 5.03. The molecule has 0 spiro atoms. The molecule has 34 heavy (non-hydrogen) atoms. The SMILES string of the molecule is C=C/C=C(\C=C/C)CC1=CCC=C([S+](c2ccc(C)cc2)c2ccc(C)cc2)C=C1.CC.CC. The second-order valence-electron chi connectivity index (χ2n) is 7.54. The van der Waals surface area contributed by atoms with Crippen molar-refractivity contribution < 1.29 is 0 Å². The first-order valence-electron chi connectivity index (χ1n) is 12.5. The van der Waals surface area contributed by atoms with Gasteiger partial charge in [-0.15, -0.1) is 0 Å². The second kappa shape index (κ2) is 16.8. The summed E-state index contributed by atoms with van der Waals surface area (Å²) in [5, 5.41) is 0. The molecule has 0 nitrogen and oxygen atoms in total. The van der Waals surface area contributed by atoms with Gasteiger partial charge in [0.25, 0.3) is 0 Å². The van der Waals surface area contributed by atoms with Crippen molar-refractivity contribution in [2.24, 2.45) is 0 Å². The van der Waals surface area contributed by atoms with Gasteiger partial charge in [0.2, 0.25) is 0 Å². The molecule has 0 radical (unpaired) electrons. The number of hydrogen-bond donors (Lipinski definition) is 0. The Morgan fingerprint density at radius 2 is 1.35 bits per heavy atom. The highest BCUT2D eigenvalue weighted by Crippen LogP contribution is 2.33. The van der Waals surface area contributed by atoms with Gasteiger partial charge in [-0.3, -0.25) is 0 Å². The fourth-order valence-corrected chi connectivity index (χ4v) is 5.57. The molecule has 1 aliphatic rings. The largest absolute Gasteiger partial charge is 0.166 e. The summed E-state index contributed by atoms with van der Waals surface area (Å²) in [6, 6.07) is 18.0. The third kappa shape index (κ3) is 9.23. The van der Waals surface area contributed by atoms with Gasteiger partial charge in [-0.05, 0) is 81.2 Å². The topological polar surface area (TPSA) is 0 Å². The number of benzene rings is 2. The zero-order valence-corrected chi connectivity index (χ0v) is 23.1. The van der Waals surface area contributed by atoms with E-state index in [0.717, 1.165) is 12.8 Å². The summed E-state index contributed by atoms with van der Waals surface area (Å²) < 4.78 is 0. The molecule has 2 aromatic rings. The molecule has 0 unspecified atom stereocenters. The molecule has 0 saturated heterocycles. The molecule has 0 heterocycles. The minimum absolute atomic E-state index is 0.104. The molecule has 1 heteroatoms. The average Bonchev–Trinajstić information content (AvgIpc) is 3.10. The van der Waals surface area contributed by atoms with E-state index >= 15 is 0 Å². The molecular formula is C33H43S+. The van der Waals surface area contributed by atoms with Crippen LogP contribution in [0.2, 0.25) is 0 Å². The maximum absolute atomic E-state index is 3.85. The van der Waals surface area contributed by atoms with Crippen LogP contribution < -0.4 is 0 Å². The van der Waals surface area contributed by atoms with Gasteiger partial charge < -0.3 is 0 Å². The smallest absolute Gasteiger partial charge is 0.0991 e. The predicted octanol–water partition coefficient (Wildman–Crippen LogP) is 10.2. The van der Waals surface area contributed by atoms with Crippen LogP contribution in [0, 0.1) is 13.8 Å². The van der Waals surface area contributed by atoms with Gasteiger partial charge in [-0.2, -0.15) is 0 Å². The molecule has 180 valence electrons. The van der Waals surface area contributed by atoms with Gasteiger partial charge >= 0.3 is 0 Å². The Kier molecular flexibility index (Phi) is 14.4. The molecule has 0 bridgehead atoms. The Morgan fingerprint density at radius 3 is 1.82 bits per heavy atom. The van der Waals surface area contributed by atoms with Gasteiger partial charge in [0.1, 0.15) is 0 Å². The molecule has 0 saturated carbocycles. The molecule has 0 atom stereocenters. The van der Waals surface area contributed by atoms with Crippen molar-refractivity contribution in [2.45, 2.75) is 71.1 Å². The zero-order chi connectivity index (χ0) is 25.3. The van der Waals surface area contributed by atoms with E-state index in [0.29, 0.717) is 0 Å². The van der Waals surface area contributed by atoms with Crippen LogP contribution in [0.25, 0.3) is 0 Å². The van der Waals surface area contributed by atoms with Crippen LogP contribution in [-0.2, 0) is 10.9 Å². The molecule has 0 aliphatic heterocycles. The minimum Gasteiger partial charge on any atom is -0.0991 e. The number of hydrogen-bond acceptors (Lipinski definition) is 0. The van der Waals surface area contributed by atoms with Crippen LogP contribution in [0.3, 0.4) is 0 Å². The van der Waals surface area contributed by atoms with Gasteiger partial charge in [0.05, 0.1) is 10.9 Å². The van der Waals surface area contributed by atoms with Crippen LogP contribution in [0.4, 0.5) is 0 Å². The molecule has 1 aliphatic carbocycles. The van der Waals surface area contributed by atoms with Gasteiger partial charge in [-0.1, -0.05) is 106 Å². The maximum atomic E-state index is 3.85. The standard InChI is InChI=1S/C29H31S.2C2H6/c1-5-8-25(9-6-2)22-26-10-7-11-27(21-16-26)30(28-17-12-23(3)13-18-28)29-19-14-24(4)15-20-29;2*1-2/h5-6,8-21H,1,7,22H2,2-4H3;2*1-2H3/q+1;;/b9-6-,25-8+;;. The minimum atomic E-state index is -0.104. The van der Waals surface area contributed by atoms with Crippen LogP contribution in [-0.4, -0.2) is 0 Å². The van der Waals surface area contributed by atoms with E-state index in [1.54, 1.807) is 0 Å². The van der Waals surface area contributed by atoms with E-state index in [9.17, 15) is 0 Å². The van der Waals surface area contributed by atoms with Crippen LogP contribution in [0.15, 0.2) is 130 Å². The summed E-state index contributed by atoms with van der Waals surface area (Å²) >= 11 is 0. The molecule has 0 N–H and O–H groups in total. The second-order valence-corrected chi connectivity index (χ2v) is 9.57. The summed E-state index contributed by atoms with van der Waals surface area (Å²) in [7, 11) is -0.104. The first-order valence-corrected chi connectivity index (χ1v) is 13.7. The summed E-state index contributed by atoms with van der Waals surface area (Å²) in [6.07, 6.45) is 19.4. The monoisotopic (exact) mass is 471 g/mol. The Morgan fingerprint density at radius 1 is 0.824 bits per heavy atom. The van der Waals surface area contributed by atoms with Gasteiger partial charge in [0, 0.05) is 0 Å². The molecule has 0 fully saturated rings. The number of allylic oxidation sites excluding steroid dienone is 10. The summed E-state index contributed by atoms with van der Waals surface area (Å²) in [4.78, 5) is 4.11. The van der Waals surface area contributed by atoms with Crippen molar-refractivity contribution in [2.75, 3.05) is 0 Å². The van der Waals surface area contributed by atoms with Crippen molar-refractivity contribution in [1.82, 2.24) is 0 Å². The molecular weight excluding hydrogens is 428 g/mol. The van der Waals surface area contributed by atoms with E-state index in [-0.39, 0.29) is 10.9 Å². The van der Waals surface area contributed by atoms with E-state index in [1.807, 2.05) is 33.8 Å². The fraction of sp³-hybridized carbons (Fsp3) is 0.273. The highest BCUT2D eigenvalue weighted by molar-refractivity contribution is 8.00. The lowest BCUT2D eigenvalue weighted by Gasteiger charge is -2.09. The summed E-state index contributed by atoms with van der Waals surface area (Å²) in [6.45, 7) is 18.2. The van der Waals surface area contributed by atoms with E-state index in [2.05, 4.69) is 118 Å². The number of rotatable bonds is 7. The van der Waals surface area contributed by atoms with Crippen molar-refractivity contribution in [3.63, 3.8) is 0 Å².